The zero-order valence-corrected chi connectivity index (χ0v) is 10.3. The van der Waals surface area contributed by atoms with Crippen molar-refractivity contribution in [3.8, 4) is 11.6 Å². The summed E-state index contributed by atoms with van der Waals surface area (Å²) in [7, 11) is 0. The molecule has 1 aromatic heterocycles. The van der Waals surface area contributed by atoms with E-state index in [0.717, 1.165) is 16.5 Å². The first kappa shape index (κ1) is 11.5. The summed E-state index contributed by atoms with van der Waals surface area (Å²) in [4.78, 5) is 4.37. The highest BCUT2D eigenvalue weighted by Crippen LogP contribution is 2.21. The van der Waals surface area contributed by atoms with Gasteiger partial charge >= 0.3 is 0 Å². The van der Waals surface area contributed by atoms with Crippen LogP contribution in [0.1, 0.15) is 5.56 Å². The first-order valence-corrected chi connectivity index (χ1v) is 6.08. The molecule has 19 heavy (non-hydrogen) atoms. The zero-order valence-electron chi connectivity index (χ0n) is 10.3. The number of phenols is 1. The summed E-state index contributed by atoms with van der Waals surface area (Å²) in [6.45, 7) is 0.484. The largest absolute Gasteiger partial charge is 0.508 e. The predicted molar refractivity (Wildman–Crippen MR) is 74.2 cm³/mol. The van der Waals surface area contributed by atoms with Gasteiger partial charge in [0.2, 0.25) is 5.88 Å². The van der Waals surface area contributed by atoms with E-state index in [0.29, 0.717) is 12.5 Å². The number of hydrogen-bond donors (Lipinski definition) is 1. The Morgan fingerprint density at radius 1 is 0.947 bits per heavy atom. The second kappa shape index (κ2) is 4.98. The lowest BCUT2D eigenvalue weighted by Gasteiger charge is -2.06. The number of phenolic OH excluding ortho intramolecular Hbond substituents is 1. The van der Waals surface area contributed by atoms with Gasteiger partial charge in [-0.1, -0.05) is 30.3 Å². The Morgan fingerprint density at radius 2 is 1.74 bits per heavy atom. The molecule has 0 aliphatic carbocycles. The highest BCUT2D eigenvalue weighted by Gasteiger charge is 2.01. The Bertz CT molecular complexity index is 695. The van der Waals surface area contributed by atoms with Gasteiger partial charge in [0.1, 0.15) is 12.4 Å². The third-order valence-corrected chi connectivity index (χ3v) is 2.88. The van der Waals surface area contributed by atoms with Crippen LogP contribution < -0.4 is 4.74 Å². The SMILES string of the molecule is Oc1ccc2ccc(OCc3ccccc3)nc2c1. The Balaban J connectivity index is 1.81. The quantitative estimate of drug-likeness (QED) is 0.774. The van der Waals surface area contributed by atoms with E-state index in [9.17, 15) is 5.11 Å². The number of ether oxygens (including phenoxy) is 1. The number of pyridine rings is 1. The minimum Gasteiger partial charge on any atom is -0.508 e. The van der Waals surface area contributed by atoms with E-state index < -0.39 is 0 Å². The Labute approximate surface area is 111 Å². The highest BCUT2D eigenvalue weighted by molar-refractivity contribution is 5.80. The molecule has 0 saturated heterocycles. The van der Waals surface area contributed by atoms with E-state index in [1.165, 1.54) is 0 Å². The first-order valence-electron chi connectivity index (χ1n) is 6.08. The molecule has 3 heteroatoms. The van der Waals surface area contributed by atoms with Crippen molar-refractivity contribution in [2.75, 3.05) is 0 Å². The van der Waals surface area contributed by atoms with Gasteiger partial charge in [0, 0.05) is 17.5 Å². The molecule has 0 bridgehead atoms. The van der Waals surface area contributed by atoms with Gasteiger partial charge in [-0.3, -0.25) is 0 Å². The van der Waals surface area contributed by atoms with Crippen molar-refractivity contribution < 1.29 is 9.84 Å². The maximum absolute atomic E-state index is 9.45. The summed E-state index contributed by atoms with van der Waals surface area (Å²) in [6, 6.07) is 18.8. The molecule has 0 atom stereocenters. The maximum Gasteiger partial charge on any atom is 0.214 e. The van der Waals surface area contributed by atoms with Crippen LogP contribution in [0.25, 0.3) is 10.9 Å². The summed E-state index contributed by atoms with van der Waals surface area (Å²) >= 11 is 0. The minimum absolute atomic E-state index is 0.209. The number of benzene rings is 2. The maximum atomic E-state index is 9.45. The lowest BCUT2D eigenvalue weighted by Crippen LogP contribution is -1.96. The van der Waals surface area contributed by atoms with E-state index in [4.69, 9.17) is 4.74 Å². The molecule has 94 valence electrons. The van der Waals surface area contributed by atoms with Crippen molar-refractivity contribution in [2.45, 2.75) is 6.61 Å². The molecule has 2 aromatic carbocycles. The van der Waals surface area contributed by atoms with Gasteiger partial charge in [-0.2, -0.15) is 0 Å². The molecule has 0 saturated carbocycles. The second-order valence-corrected chi connectivity index (χ2v) is 4.30. The lowest BCUT2D eigenvalue weighted by atomic mass is 10.2. The van der Waals surface area contributed by atoms with Crippen molar-refractivity contribution in [3.63, 3.8) is 0 Å². The third-order valence-electron chi connectivity index (χ3n) is 2.88. The fraction of sp³-hybridized carbons (Fsp3) is 0.0625. The number of nitrogens with zero attached hydrogens (tertiary/aromatic N) is 1. The fourth-order valence-electron chi connectivity index (χ4n) is 1.90. The van der Waals surface area contributed by atoms with Crippen LogP contribution in [-0.4, -0.2) is 10.1 Å². The first-order chi connectivity index (χ1) is 9.31. The summed E-state index contributed by atoms with van der Waals surface area (Å²) in [5, 5.41) is 10.4. The molecule has 0 spiro atoms. The lowest BCUT2D eigenvalue weighted by molar-refractivity contribution is 0.295. The van der Waals surface area contributed by atoms with Gasteiger partial charge in [0.05, 0.1) is 5.52 Å². The average Bonchev–Trinajstić information content (AvgIpc) is 2.46. The Hall–Kier alpha value is -2.55. The van der Waals surface area contributed by atoms with E-state index in [-0.39, 0.29) is 5.75 Å². The predicted octanol–water partition coefficient (Wildman–Crippen LogP) is 3.52. The summed E-state index contributed by atoms with van der Waals surface area (Å²) in [5.74, 6) is 0.766. The van der Waals surface area contributed by atoms with Crippen LogP contribution >= 0.6 is 0 Å². The van der Waals surface area contributed by atoms with Gasteiger partial charge in [-0.15, -0.1) is 0 Å². The van der Waals surface area contributed by atoms with Crippen molar-refractivity contribution >= 4 is 10.9 Å². The Kier molecular flexibility index (Phi) is 3.02. The van der Waals surface area contributed by atoms with E-state index in [1.54, 1.807) is 12.1 Å². The number of fused-ring (bicyclic) bond motifs is 1. The number of hydrogen-bond acceptors (Lipinski definition) is 3. The van der Waals surface area contributed by atoms with E-state index in [1.807, 2.05) is 48.5 Å². The van der Waals surface area contributed by atoms with Crippen LogP contribution in [-0.2, 0) is 6.61 Å². The molecule has 3 aromatic rings. The zero-order chi connectivity index (χ0) is 13.1. The van der Waals surface area contributed by atoms with Crippen LogP contribution in [0.5, 0.6) is 11.6 Å². The molecular formula is C16H13NO2. The summed E-state index contributed by atoms with van der Waals surface area (Å²) in [6.07, 6.45) is 0. The molecule has 0 amide bonds. The molecule has 0 fully saturated rings. The molecular weight excluding hydrogens is 238 g/mol. The van der Waals surface area contributed by atoms with Gasteiger partial charge in [-0.25, -0.2) is 4.98 Å². The smallest absolute Gasteiger partial charge is 0.214 e. The van der Waals surface area contributed by atoms with Crippen molar-refractivity contribution in [2.24, 2.45) is 0 Å². The third kappa shape index (κ3) is 2.65. The molecule has 0 aliphatic rings. The van der Waals surface area contributed by atoms with Crippen LogP contribution in [0.2, 0.25) is 0 Å². The Morgan fingerprint density at radius 3 is 2.58 bits per heavy atom. The molecule has 3 nitrogen and oxygen atoms in total. The van der Waals surface area contributed by atoms with Crippen LogP contribution in [0.3, 0.4) is 0 Å². The molecule has 1 N–H and O–H groups in total. The molecule has 1 heterocycles. The number of aromatic nitrogens is 1. The number of aromatic hydroxyl groups is 1. The summed E-state index contributed by atoms with van der Waals surface area (Å²) in [5.41, 5.74) is 1.82. The second-order valence-electron chi connectivity index (χ2n) is 4.30. The number of rotatable bonds is 3. The van der Waals surface area contributed by atoms with Crippen LogP contribution in [0.4, 0.5) is 0 Å². The van der Waals surface area contributed by atoms with Gasteiger partial charge < -0.3 is 9.84 Å². The van der Waals surface area contributed by atoms with Crippen molar-refractivity contribution in [1.29, 1.82) is 0 Å². The van der Waals surface area contributed by atoms with E-state index in [2.05, 4.69) is 4.98 Å². The summed E-state index contributed by atoms with van der Waals surface area (Å²) < 4.78 is 5.65. The molecule has 0 radical (unpaired) electrons. The standard InChI is InChI=1S/C16H13NO2/c18-14-8-6-13-7-9-16(17-15(13)10-14)19-11-12-4-2-1-3-5-12/h1-10,18H,11H2. The van der Waals surface area contributed by atoms with Crippen LogP contribution in [0, 0.1) is 0 Å². The normalized spacial score (nSPS) is 10.5. The van der Waals surface area contributed by atoms with Crippen molar-refractivity contribution in [1.82, 2.24) is 4.98 Å². The minimum atomic E-state index is 0.209. The topological polar surface area (TPSA) is 42.4 Å². The van der Waals surface area contributed by atoms with Crippen molar-refractivity contribution in [3.05, 3.63) is 66.2 Å². The highest BCUT2D eigenvalue weighted by atomic mass is 16.5. The molecule has 0 unspecified atom stereocenters. The molecule has 0 aliphatic heterocycles. The van der Waals surface area contributed by atoms with E-state index >= 15 is 0 Å². The monoisotopic (exact) mass is 251 g/mol. The van der Waals surface area contributed by atoms with Gasteiger partial charge in [0.15, 0.2) is 0 Å². The molecule has 3 rings (SSSR count). The van der Waals surface area contributed by atoms with Gasteiger partial charge in [-0.05, 0) is 23.8 Å². The average molecular weight is 251 g/mol. The van der Waals surface area contributed by atoms with Gasteiger partial charge in [0.25, 0.3) is 0 Å². The van der Waals surface area contributed by atoms with Crippen LogP contribution in [0.15, 0.2) is 60.7 Å². The fourth-order valence-corrected chi connectivity index (χ4v) is 1.90.